The third-order valence-corrected chi connectivity index (χ3v) is 7.36. The van der Waals surface area contributed by atoms with E-state index in [9.17, 15) is 8.42 Å². The Morgan fingerprint density at radius 3 is 2.30 bits per heavy atom. The van der Waals surface area contributed by atoms with E-state index in [0.29, 0.717) is 11.4 Å². The van der Waals surface area contributed by atoms with Crippen LogP contribution in [-0.2, 0) is 10.0 Å². The first kappa shape index (κ1) is 20.8. The van der Waals surface area contributed by atoms with Gasteiger partial charge in [0.2, 0.25) is 10.0 Å². The maximum absolute atomic E-state index is 13.2. The maximum atomic E-state index is 13.2. The Morgan fingerprint density at radius 1 is 0.933 bits per heavy atom. The molecule has 0 spiro atoms. The second-order valence-electron chi connectivity index (χ2n) is 8.07. The molecular formula is C24H29N3O2S. The fourth-order valence-corrected chi connectivity index (χ4v) is 5.47. The summed E-state index contributed by atoms with van der Waals surface area (Å²) in [6.45, 7) is 2.35. The summed E-state index contributed by atoms with van der Waals surface area (Å²) in [5.41, 5.74) is 2.28. The van der Waals surface area contributed by atoms with E-state index in [1.165, 1.54) is 0 Å². The average Bonchev–Trinajstić information content (AvgIpc) is 3.28. The number of sulfonamides is 1. The van der Waals surface area contributed by atoms with Crippen LogP contribution in [0.3, 0.4) is 0 Å². The van der Waals surface area contributed by atoms with Crippen LogP contribution < -0.4 is 9.62 Å². The van der Waals surface area contributed by atoms with Crippen molar-refractivity contribution in [3.05, 3.63) is 72.3 Å². The van der Waals surface area contributed by atoms with Crippen molar-refractivity contribution in [2.45, 2.75) is 23.8 Å². The number of benzene rings is 3. The van der Waals surface area contributed by atoms with E-state index in [0.717, 1.165) is 48.0 Å². The predicted octanol–water partition coefficient (Wildman–Crippen LogP) is 4.02. The van der Waals surface area contributed by atoms with Crippen LogP contribution >= 0.6 is 0 Å². The normalized spacial score (nSPS) is 16.1. The third kappa shape index (κ3) is 4.36. The van der Waals surface area contributed by atoms with Gasteiger partial charge in [0.05, 0.1) is 4.90 Å². The number of nitrogens with one attached hydrogen (secondary N) is 1. The molecule has 1 atom stereocenters. The van der Waals surface area contributed by atoms with Crippen molar-refractivity contribution >= 4 is 26.5 Å². The molecule has 4 rings (SSSR count). The van der Waals surface area contributed by atoms with Gasteiger partial charge in [0.1, 0.15) is 0 Å². The topological polar surface area (TPSA) is 52.7 Å². The molecule has 0 radical (unpaired) electrons. The van der Waals surface area contributed by atoms with Gasteiger partial charge in [-0.3, -0.25) is 4.90 Å². The molecule has 1 aliphatic rings. The van der Waals surface area contributed by atoms with Crippen LogP contribution in [0.25, 0.3) is 10.8 Å². The molecule has 158 valence electrons. The van der Waals surface area contributed by atoms with Crippen LogP contribution in [0.1, 0.15) is 24.4 Å². The number of hydrogen-bond acceptors (Lipinski definition) is 4. The number of rotatable bonds is 7. The van der Waals surface area contributed by atoms with Crippen LogP contribution in [0.2, 0.25) is 0 Å². The Balaban J connectivity index is 1.60. The maximum Gasteiger partial charge on any atom is 0.241 e. The minimum absolute atomic E-state index is 0.0217. The highest BCUT2D eigenvalue weighted by molar-refractivity contribution is 7.89. The van der Waals surface area contributed by atoms with Crippen molar-refractivity contribution in [1.82, 2.24) is 9.62 Å². The molecule has 5 nitrogen and oxygen atoms in total. The lowest BCUT2D eigenvalue weighted by molar-refractivity contribution is 0.246. The molecule has 1 fully saturated rings. The summed E-state index contributed by atoms with van der Waals surface area (Å²) in [5, 5.41) is 1.68. The molecule has 0 saturated carbocycles. The smallest absolute Gasteiger partial charge is 0.241 e. The van der Waals surface area contributed by atoms with Gasteiger partial charge in [-0.05, 0) is 55.1 Å². The fourth-order valence-electron chi connectivity index (χ4n) is 4.20. The van der Waals surface area contributed by atoms with Gasteiger partial charge >= 0.3 is 0 Å². The molecule has 1 saturated heterocycles. The summed E-state index contributed by atoms with van der Waals surface area (Å²) in [7, 11) is 0.412. The van der Waals surface area contributed by atoms with Crippen molar-refractivity contribution in [2.24, 2.45) is 0 Å². The van der Waals surface area contributed by atoms with Gasteiger partial charge in [-0.1, -0.05) is 48.5 Å². The molecule has 1 heterocycles. The molecule has 0 aromatic heterocycles. The van der Waals surface area contributed by atoms with Gasteiger partial charge in [-0.15, -0.1) is 0 Å². The molecule has 1 N–H and O–H groups in total. The predicted molar refractivity (Wildman–Crippen MR) is 123 cm³/mol. The quantitative estimate of drug-likeness (QED) is 0.624. The van der Waals surface area contributed by atoms with Crippen molar-refractivity contribution in [3.8, 4) is 0 Å². The van der Waals surface area contributed by atoms with E-state index >= 15 is 0 Å². The summed E-state index contributed by atoms with van der Waals surface area (Å²) in [4.78, 5) is 4.79. The standard InChI is InChI=1S/C24H29N3O2S/c1-26(2)21-14-12-20(13-15-21)23(27-16-5-6-17-27)18-25-30(28,29)24-11-7-9-19-8-3-4-10-22(19)24/h3-4,7-15,23,25H,5-6,16-18H2,1-2H3/t23-/m1/s1. The first-order valence-electron chi connectivity index (χ1n) is 10.4. The molecule has 0 unspecified atom stereocenters. The molecular weight excluding hydrogens is 394 g/mol. The van der Waals surface area contributed by atoms with Gasteiger partial charge < -0.3 is 4.90 Å². The van der Waals surface area contributed by atoms with Gasteiger partial charge in [-0.25, -0.2) is 13.1 Å². The molecule has 30 heavy (non-hydrogen) atoms. The van der Waals surface area contributed by atoms with E-state index in [1.54, 1.807) is 12.1 Å². The van der Waals surface area contributed by atoms with Crippen LogP contribution in [-0.4, -0.2) is 47.0 Å². The Kier molecular flexibility index (Phi) is 6.09. The highest BCUT2D eigenvalue weighted by atomic mass is 32.2. The molecule has 1 aliphatic heterocycles. The van der Waals surface area contributed by atoms with Crippen LogP contribution in [0.4, 0.5) is 5.69 Å². The lowest BCUT2D eigenvalue weighted by atomic mass is 10.1. The van der Waals surface area contributed by atoms with E-state index < -0.39 is 10.0 Å². The molecule has 0 bridgehead atoms. The number of anilines is 1. The molecule has 0 amide bonds. The Bertz CT molecular complexity index is 1100. The zero-order valence-corrected chi connectivity index (χ0v) is 18.4. The van der Waals surface area contributed by atoms with Gasteiger partial charge in [0.15, 0.2) is 0 Å². The van der Waals surface area contributed by atoms with Gasteiger partial charge in [0, 0.05) is 37.8 Å². The largest absolute Gasteiger partial charge is 0.378 e. The SMILES string of the molecule is CN(C)c1ccc([C@@H](CNS(=O)(=O)c2cccc3ccccc23)N2CCCC2)cc1. The summed E-state index contributed by atoms with van der Waals surface area (Å²) in [6, 6.07) is 21.5. The number of fused-ring (bicyclic) bond motifs is 1. The number of likely N-dealkylation sites (tertiary alicyclic amines) is 1. The van der Waals surface area contributed by atoms with E-state index in [-0.39, 0.29) is 6.04 Å². The molecule has 6 heteroatoms. The van der Waals surface area contributed by atoms with E-state index in [1.807, 2.05) is 44.4 Å². The molecule has 0 aliphatic carbocycles. The molecule has 3 aromatic carbocycles. The second kappa shape index (κ2) is 8.76. The van der Waals surface area contributed by atoms with Crippen LogP contribution in [0, 0.1) is 0 Å². The Labute approximate surface area is 179 Å². The summed E-state index contributed by atoms with van der Waals surface area (Å²) >= 11 is 0. The lowest BCUT2D eigenvalue weighted by Gasteiger charge is -2.28. The van der Waals surface area contributed by atoms with Crippen LogP contribution in [0.5, 0.6) is 0 Å². The van der Waals surface area contributed by atoms with E-state index in [2.05, 4.69) is 38.8 Å². The average molecular weight is 424 g/mol. The zero-order valence-electron chi connectivity index (χ0n) is 17.6. The van der Waals surface area contributed by atoms with Gasteiger partial charge in [0.25, 0.3) is 0 Å². The lowest BCUT2D eigenvalue weighted by Crippen LogP contribution is -2.36. The van der Waals surface area contributed by atoms with Crippen LogP contribution in [0.15, 0.2) is 71.6 Å². The van der Waals surface area contributed by atoms with E-state index in [4.69, 9.17) is 0 Å². The highest BCUT2D eigenvalue weighted by Gasteiger charge is 2.26. The number of hydrogen-bond donors (Lipinski definition) is 1. The summed E-state index contributed by atoms with van der Waals surface area (Å²) in [6.07, 6.45) is 2.31. The highest BCUT2D eigenvalue weighted by Crippen LogP contribution is 2.28. The van der Waals surface area contributed by atoms with Crippen molar-refractivity contribution < 1.29 is 8.42 Å². The zero-order chi connectivity index (χ0) is 21.1. The monoisotopic (exact) mass is 423 g/mol. The van der Waals surface area contributed by atoms with Crippen molar-refractivity contribution in [2.75, 3.05) is 38.6 Å². The first-order valence-corrected chi connectivity index (χ1v) is 11.9. The summed E-state index contributed by atoms with van der Waals surface area (Å²) < 4.78 is 29.3. The van der Waals surface area contributed by atoms with Crippen molar-refractivity contribution in [1.29, 1.82) is 0 Å². The third-order valence-electron chi connectivity index (χ3n) is 5.88. The minimum Gasteiger partial charge on any atom is -0.378 e. The summed E-state index contributed by atoms with van der Waals surface area (Å²) in [5.74, 6) is 0. The molecule has 3 aromatic rings. The Hall–Kier alpha value is -2.41. The van der Waals surface area contributed by atoms with Crippen molar-refractivity contribution in [3.63, 3.8) is 0 Å². The van der Waals surface area contributed by atoms with Gasteiger partial charge in [-0.2, -0.15) is 0 Å². The first-order chi connectivity index (χ1) is 14.5. The second-order valence-corrected chi connectivity index (χ2v) is 9.81. The fraction of sp³-hybridized carbons (Fsp3) is 0.333. The number of nitrogens with zero attached hydrogens (tertiary/aromatic N) is 2. The Morgan fingerprint density at radius 2 is 1.60 bits per heavy atom. The minimum atomic E-state index is -3.63.